The van der Waals surface area contributed by atoms with Crippen LogP contribution in [0, 0.1) is 13.8 Å². The molecule has 0 atom stereocenters. The number of aryl methyl sites for hydroxylation is 3. The van der Waals surface area contributed by atoms with Crippen molar-refractivity contribution in [2.75, 3.05) is 20.1 Å². The number of hydrogen-bond donors (Lipinski definition) is 1. The van der Waals surface area contributed by atoms with E-state index in [9.17, 15) is 5.11 Å². The third-order valence-electron chi connectivity index (χ3n) is 6.76. The maximum absolute atomic E-state index is 11.2. The number of aliphatic imine (C=N–C) groups is 1. The molecule has 0 amide bonds. The molecule has 1 aliphatic carbocycles. The topological polar surface area (TPSA) is 35.8 Å². The highest BCUT2D eigenvalue weighted by Crippen LogP contribution is 2.36. The molecule has 1 heterocycles. The molecule has 2 aliphatic rings. The Balaban J connectivity index is 1.57. The number of nitrogens with zero attached hydrogens (tertiary/aromatic N) is 2. The lowest BCUT2D eigenvalue weighted by atomic mass is 9.82. The van der Waals surface area contributed by atoms with Crippen molar-refractivity contribution < 1.29 is 5.11 Å². The Morgan fingerprint density at radius 3 is 2.28 bits per heavy atom. The van der Waals surface area contributed by atoms with Crippen LogP contribution in [-0.4, -0.2) is 35.9 Å². The summed E-state index contributed by atoms with van der Waals surface area (Å²) in [6, 6.07) is 15.1. The lowest BCUT2D eigenvalue weighted by molar-refractivity contribution is -0.0187. The molecule has 0 spiro atoms. The van der Waals surface area contributed by atoms with Crippen molar-refractivity contribution in [1.82, 2.24) is 4.90 Å². The van der Waals surface area contributed by atoms with Gasteiger partial charge in [-0.2, -0.15) is 0 Å². The average molecular weight is 389 g/mol. The molecule has 4 rings (SSSR count). The molecule has 1 fully saturated rings. The molecule has 0 unspecified atom stereocenters. The fourth-order valence-corrected chi connectivity index (χ4v) is 4.83. The molecular weight excluding hydrogens is 356 g/mol. The van der Waals surface area contributed by atoms with E-state index in [0.29, 0.717) is 0 Å². The second-order valence-electron chi connectivity index (χ2n) is 8.68. The summed E-state index contributed by atoms with van der Waals surface area (Å²) < 4.78 is 0. The predicted octanol–water partition coefficient (Wildman–Crippen LogP) is 4.93. The van der Waals surface area contributed by atoms with Gasteiger partial charge in [-0.05, 0) is 69.2 Å². The van der Waals surface area contributed by atoms with Crippen LogP contribution < -0.4 is 0 Å². The van der Waals surface area contributed by atoms with Gasteiger partial charge in [-0.25, -0.2) is 0 Å². The molecule has 1 aliphatic heterocycles. The third-order valence-corrected chi connectivity index (χ3v) is 6.76. The molecular formula is C26H32N2O. The Kier molecular flexibility index (Phi) is 5.35. The third kappa shape index (κ3) is 3.76. The predicted molar refractivity (Wildman–Crippen MR) is 121 cm³/mol. The monoisotopic (exact) mass is 388 g/mol. The minimum Gasteiger partial charge on any atom is -0.385 e. The van der Waals surface area contributed by atoms with E-state index in [0.717, 1.165) is 50.0 Å². The quantitative estimate of drug-likeness (QED) is 0.792. The second-order valence-corrected chi connectivity index (χ2v) is 8.68. The first-order valence-electron chi connectivity index (χ1n) is 10.7. The van der Waals surface area contributed by atoms with Crippen LogP contribution in [0.1, 0.15) is 54.0 Å². The molecule has 0 saturated carbocycles. The maximum Gasteiger partial charge on any atom is 0.0930 e. The molecule has 0 bridgehead atoms. The fourth-order valence-electron chi connectivity index (χ4n) is 4.83. The van der Waals surface area contributed by atoms with Crippen molar-refractivity contribution >= 4 is 5.71 Å². The number of piperidine rings is 1. The highest BCUT2D eigenvalue weighted by Gasteiger charge is 2.35. The molecule has 1 N–H and O–H groups in total. The number of aliphatic hydroxyl groups is 1. The Morgan fingerprint density at radius 2 is 1.62 bits per heavy atom. The lowest BCUT2D eigenvalue weighted by Gasteiger charge is -2.41. The second kappa shape index (κ2) is 7.79. The Hall–Kier alpha value is -2.39. The highest BCUT2D eigenvalue weighted by molar-refractivity contribution is 6.14. The van der Waals surface area contributed by atoms with Crippen LogP contribution in [0.25, 0.3) is 0 Å². The zero-order valence-corrected chi connectivity index (χ0v) is 18.1. The van der Waals surface area contributed by atoms with E-state index in [4.69, 9.17) is 4.99 Å². The SMILES string of the molecule is CN=C1/C(=C(\C)N2CCC(O)(c3ccc(C)cc3)CC2)CCc2ccc(C)cc21. The minimum absolute atomic E-state index is 0.715. The summed E-state index contributed by atoms with van der Waals surface area (Å²) in [5.41, 5.74) is 9.38. The molecule has 1 saturated heterocycles. The first-order valence-corrected chi connectivity index (χ1v) is 10.7. The van der Waals surface area contributed by atoms with Gasteiger partial charge in [-0.1, -0.05) is 47.5 Å². The van der Waals surface area contributed by atoms with E-state index in [1.165, 1.54) is 33.5 Å². The van der Waals surface area contributed by atoms with Gasteiger partial charge in [0.15, 0.2) is 0 Å². The standard InChI is InChI=1S/C26H32N2O/c1-18-6-10-22(11-7-18)26(29)13-15-28(16-14-26)20(3)23-12-9-21-8-5-19(2)17-24(21)25(23)27-4/h5-8,10-11,17,29H,9,12-16H2,1-4H3/b23-20+,27-25?. The molecule has 2 aromatic carbocycles. The molecule has 3 heteroatoms. The number of fused-ring (bicyclic) bond motifs is 1. The zero-order chi connectivity index (χ0) is 20.6. The number of rotatable bonds is 2. The van der Waals surface area contributed by atoms with Crippen LogP contribution in [0.15, 0.2) is 58.7 Å². The van der Waals surface area contributed by atoms with E-state index >= 15 is 0 Å². The van der Waals surface area contributed by atoms with Gasteiger partial charge in [0.2, 0.25) is 0 Å². The molecule has 3 nitrogen and oxygen atoms in total. The van der Waals surface area contributed by atoms with E-state index < -0.39 is 5.60 Å². The van der Waals surface area contributed by atoms with Gasteiger partial charge in [0.25, 0.3) is 0 Å². The largest absolute Gasteiger partial charge is 0.385 e. The molecule has 152 valence electrons. The minimum atomic E-state index is -0.715. The van der Waals surface area contributed by atoms with Crippen LogP contribution in [0.4, 0.5) is 0 Å². The number of benzene rings is 2. The van der Waals surface area contributed by atoms with E-state index in [1.54, 1.807) is 0 Å². The van der Waals surface area contributed by atoms with Crippen LogP contribution in [0.5, 0.6) is 0 Å². The Bertz CT molecular complexity index is 961. The molecule has 0 aromatic heterocycles. The summed E-state index contributed by atoms with van der Waals surface area (Å²) in [5.74, 6) is 0. The van der Waals surface area contributed by atoms with Crippen molar-refractivity contribution in [3.63, 3.8) is 0 Å². The highest BCUT2D eigenvalue weighted by atomic mass is 16.3. The normalized spacial score (nSPS) is 21.8. The first-order chi connectivity index (χ1) is 13.9. The van der Waals surface area contributed by atoms with Crippen molar-refractivity contribution in [2.24, 2.45) is 4.99 Å². The molecule has 29 heavy (non-hydrogen) atoms. The van der Waals surface area contributed by atoms with Gasteiger partial charge in [0.1, 0.15) is 0 Å². The zero-order valence-electron chi connectivity index (χ0n) is 18.1. The van der Waals surface area contributed by atoms with Gasteiger partial charge >= 0.3 is 0 Å². The fraction of sp³-hybridized carbons (Fsp3) is 0.423. The Labute approximate surface area is 174 Å². The van der Waals surface area contributed by atoms with Crippen molar-refractivity contribution in [1.29, 1.82) is 0 Å². The van der Waals surface area contributed by atoms with E-state index in [2.05, 4.69) is 68.1 Å². The van der Waals surface area contributed by atoms with Crippen molar-refractivity contribution in [3.8, 4) is 0 Å². The number of likely N-dealkylation sites (tertiary alicyclic amines) is 1. The van der Waals surface area contributed by atoms with Crippen LogP contribution in [-0.2, 0) is 12.0 Å². The van der Waals surface area contributed by atoms with Crippen LogP contribution in [0.3, 0.4) is 0 Å². The summed E-state index contributed by atoms with van der Waals surface area (Å²) in [5, 5.41) is 11.2. The lowest BCUT2D eigenvalue weighted by Crippen LogP contribution is -2.42. The smallest absolute Gasteiger partial charge is 0.0930 e. The van der Waals surface area contributed by atoms with Gasteiger partial charge in [0.05, 0.1) is 11.3 Å². The maximum atomic E-state index is 11.2. The Morgan fingerprint density at radius 1 is 0.966 bits per heavy atom. The summed E-state index contributed by atoms with van der Waals surface area (Å²) >= 11 is 0. The molecule has 2 aromatic rings. The average Bonchev–Trinajstić information content (AvgIpc) is 2.73. The molecule has 0 radical (unpaired) electrons. The van der Waals surface area contributed by atoms with E-state index in [-0.39, 0.29) is 0 Å². The van der Waals surface area contributed by atoms with Gasteiger partial charge in [0, 0.05) is 31.4 Å². The van der Waals surface area contributed by atoms with Gasteiger partial charge in [-0.15, -0.1) is 0 Å². The summed E-state index contributed by atoms with van der Waals surface area (Å²) in [6.45, 7) is 8.21. The van der Waals surface area contributed by atoms with Gasteiger partial charge in [-0.3, -0.25) is 4.99 Å². The van der Waals surface area contributed by atoms with E-state index in [1.807, 2.05) is 7.05 Å². The van der Waals surface area contributed by atoms with Crippen molar-refractivity contribution in [3.05, 3.63) is 81.6 Å². The number of allylic oxidation sites excluding steroid dienone is 2. The summed E-state index contributed by atoms with van der Waals surface area (Å²) in [7, 11) is 1.91. The van der Waals surface area contributed by atoms with Crippen LogP contribution in [0.2, 0.25) is 0 Å². The summed E-state index contributed by atoms with van der Waals surface area (Å²) in [4.78, 5) is 7.14. The van der Waals surface area contributed by atoms with Crippen molar-refractivity contribution in [2.45, 2.75) is 52.1 Å². The number of hydrogen-bond acceptors (Lipinski definition) is 3. The first kappa shape index (κ1) is 19.9. The van der Waals surface area contributed by atoms with Crippen LogP contribution >= 0.6 is 0 Å². The summed E-state index contributed by atoms with van der Waals surface area (Å²) in [6.07, 6.45) is 3.62. The van der Waals surface area contributed by atoms with Gasteiger partial charge < -0.3 is 10.0 Å².